The smallest absolute Gasteiger partial charge is 0.414 e. The number of carbonyl (C=O) groups is 1. The first-order valence-electron chi connectivity index (χ1n) is 9.76. The predicted octanol–water partition coefficient (Wildman–Crippen LogP) is 4.21. The number of rotatable bonds is 9. The average Bonchev–Trinajstić information content (AvgIpc) is 3.10. The van der Waals surface area contributed by atoms with Gasteiger partial charge in [0.2, 0.25) is 5.89 Å². The molecule has 7 nitrogen and oxygen atoms in total. The number of nitrogens with one attached hydrogen (secondary N) is 1. The largest absolute Gasteiger partial charge is 0.449 e. The van der Waals surface area contributed by atoms with E-state index < -0.39 is 6.09 Å². The maximum Gasteiger partial charge on any atom is 0.414 e. The molecule has 0 radical (unpaired) electrons. The molecule has 8 heteroatoms. The summed E-state index contributed by atoms with van der Waals surface area (Å²) in [6, 6.07) is 0. The van der Waals surface area contributed by atoms with Gasteiger partial charge in [-0.2, -0.15) is 4.98 Å². The van der Waals surface area contributed by atoms with Gasteiger partial charge in [0.15, 0.2) is 0 Å². The molecule has 2 bridgehead atoms. The molecule has 1 atom stereocenters. The molecular formula is C18H31ClN4O3. The first-order chi connectivity index (χ1) is 12.3. The van der Waals surface area contributed by atoms with Crippen LogP contribution in [0.15, 0.2) is 4.52 Å². The minimum absolute atomic E-state index is 0. The number of amides is 1. The van der Waals surface area contributed by atoms with Gasteiger partial charge in [-0.25, -0.2) is 4.79 Å². The fourth-order valence-electron chi connectivity index (χ4n) is 3.86. The summed E-state index contributed by atoms with van der Waals surface area (Å²) in [5, 5.41) is 6.44. The van der Waals surface area contributed by atoms with Gasteiger partial charge in [-0.15, -0.1) is 12.4 Å². The number of nitrogens with zero attached hydrogens (tertiary/aromatic N) is 3. The highest BCUT2D eigenvalue weighted by Gasteiger charge is 2.38. The van der Waals surface area contributed by atoms with E-state index in [1.807, 2.05) is 0 Å². The van der Waals surface area contributed by atoms with E-state index in [1.165, 1.54) is 51.6 Å². The van der Waals surface area contributed by atoms with E-state index in [-0.39, 0.29) is 18.4 Å². The summed E-state index contributed by atoms with van der Waals surface area (Å²) in [6.07, 6.45) is 8.85. The van der Waals surface area contributed by atoms with Gasteiger partial charge in [0.05, 0.1) is 12.5 Å². The molecule has 1 aromatic heterocycles. The number of carbonyl (C=O) groups excluding carboxylic acids is 1. The molecule has 0 aliphatic carbocycles. The van der Waals surface area contributed by atoms with Crippen molar-refractivity contribution in [1.82, 2.24) is 15.0 Å². The van der Waals surface area contributed by atoms with Crippen LogP contribution in [-0.2, 0) is 4.74 Å². The zero-order valence-electron chi connectivity index (χ0n) is 15.6. The number of aromatic nitrogens is 2. The fraction of sp³-hybridized carbons (Fsp3) is 0.833. The third-order valence-electron chi connectivity index (χ3n) is 5.36. The van der Waals surface area contributed by atoms with Crippen molar-refractivity contribution in [3.63, 3.8) is 0 Å². The topological polar surface area (TPSA) is 80.5 Å². The molecule has 26 heavy (non-hydrogen) atoms. The number of hydrogen-bond donors (Lipinski definition) is 1. The summed E-state index contributed by atoms with van der Waals surface area (Å²) in [6.45, 7) is 5.96. The first kappa shape index (κ1) is 21.0. The van der Waals surface area contributed by atoms with Crippen LogP contribution in [0.2, 0.25) is 0 Å². The van der Waals surface area contributed by atoms with Crippen molar-refractivity contribution < 1.29 is 14.1 Å². The molecule has 1 amide bonds. The SMILES string of the molecule is CCCCCCCCOC(=O)Nc1noc(C2CN3CCC2CC3)n1.Cl. The van der Waals surface area contributed by atoms with Gasteiger partial charge in [-0.05, 0) is 43.4 Å². The molecule has 1 N–H and O–H groups in total. The van der Waals surface area contributed by atoms with Gasteiger partial charge in [0.1, 0.15) is 0 Å². The van der Waals surface area contributed by atoms with E-state index in [0.29, 0.717) is 24.3 Å². The molecule has 3 fully saturated rings. The average molecular weight is 387 g/mol. The van der Waals surface area contributed by atoms with Gasteiger partial charge < -0.3 is 14.2 Å². The zero-order chi connectivity index (χ0) is 17.5. The van der Waals surface area contributed by atoms with Crippen LogP contribution in [-0.4, -0.2) is 47.4 Å². The molecule has 3 aliphatic heterocycles. The Bertz CT molecular complexity index is 546. The number of halogens is 1. The zero-order valence-corrected chi connectivity index (χ0v) is 16.4. The minimum atomic E-state index is -0.505. The summed E-state index contributed by atoms with van der Waals surface area (Å²) in [5.74, 6) is 1.77. The third kappa shape index (κ3) is 5.84. The van der Waals surface area contributed by atoms with Crippen LogP contribution < -0.4 is 5.32 Å². The molecule has 4 heterocycles. The monoisotopic (exact) mass is 386 g/mol. The van der Waals surface area contributed by atoms with E-state index in [9.17, 15) is 4.79 Å². The lowest BCUT2D eigenvalue weighted by Crippen LogP contribution is -2.46. The fourth-order valence-corrected chi connectivity index (χ4v) is 3.86. The molecule has 0 aromatic carbocycles. The lowest BCUT2D eigenvalue weighted by atomic mass is 9.79. The second-order valence-corrected chi connectivity index (χ2v) is 7.23. The van der Waals surface area contributed by atoms with Gasteiger partial charge in [-0.1, -0.05) is 39.0 Å². The van der Waals surface area contributed by atoms with Crippen LogP contribution in [0, 0.1) is 5.92 Å². The summed E-state index contributed by atoms with van der Waals surface area (Å²) in [7, 11) is 0. The third-order valence-corrected chi connectivity index (χ3v) is 5.36. The quantitative estimate of drug-likeness (QED) is 0.640. The van der Waals surface area contributed by atoms with Crippen molar-refractivity contribution in [2.24, 2.45) is 5.92 Å². The number of hydrogen-bond acceptors (Lipinski definition) is 6. The summed E-state index contributed by atoms with van der Waals surface area (Å²) < 4.78 is 10.6. The number of piperidine rings is 3. The Hall–Kier alpha value is -1.34. The molecule has 3 aliphatic rings. The highest BCUT2D eigenvalue weighted by atomic mass is 35.5. The van der Waals surface area contributed by atoms with Gasteiger partial charge >= 0.3 is 6.09 Å². The molecule has 0 saturated carbocycles. The molecule has 148 valence electrons. The molecule has 4 rings (SSSR count). The van der Waals surface area contributed by atoms with E-state index in [1.54, 1.807) is 0 Å². The lowest BCUT2D eigenvalue weighted by Gasteiger charge is -2.43. The van der Waals surface area contributed by atoms with E-state index >= 15 is 0 Å². The summed E-state index contributed by atoms with van der Waals surface area (Å²) in [4.78, 5) is 18.6. The molecule has 0 spiro atoms. The Morgan fingerprint density at radius 2 is 1.96 bits per heavy atom. The van der Waals surface area contributed by atoms with Crippen molar-refractivity contribution in [2.45, 2.75) is 64.2 Å². The maximum atomic E-state index is 11.8. The standard InChI is InChI=1S/C18H30N4O3.ClH/c1-2-3-4-5-6-7-12-24-18(23)20-17-19-16(25-21-17)15-13-22-10-8-14(15)9-11-22;/h14-15H,2-13H2,1H3,(H,20,21,23);1H. The van der Waals surface area contributed by atoms with Crippen molar-refractivity contribution in [1.29, 1.82) is 0 Å². The molecular weight excluding hydrogens is 356 g/mol. The van der Waals surface area contributed by atoms with Crippen molar-refractivity contribution in [3.8, 4) is 0 Å². The van der Waals surface area contributed by atoms with Gasteiger partial charge in [0.25, 0.3) is 5.95 Å². The Balaban J connectivity index is 0.00000243. The van der Waals surface area contributed by atoms with Crippen LogP contribution in [0.3, 0.4) is 0 Å². The van der Waals surface area contributed by atoms with Crippen molar-refractivity contribution in [3.05, 3.63) is 5.89 Å². The Morgan fingerprint density at radius 3 is 2.65 bits per heavy atom. The Morgan fingerprint density at radius 1 is 1.23 bits per heavy atom. The van der Waals surface area contributed by atoms with Crippen LogP contribution in [0.1, 0.15) is 70.1 Å². The van der Waals surface area contributed by atoms with E-state index in [0.717, 1.165) is 19.4 Å². The van der Waals surface area contributed by atoms with Crippen LogP contribution >= 0.6 is 12.4 Å². The van der Waals surface area contributed by atoms with Crippen LogP contribution in [0.5, 0.6) is 0 Å². The molecule has 1 aromatic rings. The van der Waals surface area contributed by atoms with E-state index in [2.05, 4.69) is 27.3 Å². The summed E-state index contributed by atoms with van der Waals surface area (Å²) >= 11 is 0. The number of unbranched alkanes of at least 4 members (excludes halogenated alkanes) is 5. The number of ether oxygens (including phenoxy) is 1. The van der Waals surface area contributed by atoms with Crippen LogP contribution in [0.4, 0.5) is 10.7 Å². The molecule has 3 saturated heterocycles. The van der Waals surface area contributed by atoms with Crippen molar-refractivity contribution in [2.75, 3.05) is 31.6 Å². The van der Waals surface area contributed by atoms with Crippen LogP contribution in [0.25, 0.3) is 0 Å². The summed E-state index contributed by atoms with van der Waals surface area (Å²) in [5.41, 5.74) is 0. The Labute approximate surface area is 161 Å². The van der Waals surface area contributed by atoms with E-state index in [4.69, 9.17) is 9.26 Å². The minimum Gasteiger partial charge on any atom is -0.449 e. The number of anilines is 1. The highest BCUT2D eigenvalue weighted by molar-refractivity contribution is 5.85. The highest BCUT2D eigenvalue weighted by Crippen LogP contribution is 2.38. The maximum absolute atomic E-state index is 11.8. The van der Waals surface area contributed by atoms with Gasteiger partial charge in [0, 0.05) is 6.54 Å². The predicted molar refractivity (Wildman–Crippen MR) is 102 cm³/mol. The Kier molecular flexibility index (Phi) is 8.65. The van der Waals surface area contributed by atoms with Gasteiger partial charge in [-0.3, -0.25) is 5.32 Å². The van der Waals surface area contributed by atoms with Crippen molar-refractivity contribution >= 4 is 24.4 Å². The number of fused-ring (bicyclic) bond motifs is 3. The molecule has 1 unspecified atom stereocenters. The lowest BCUT2D eigenvalue weighted by molar-refractivity contribution is 0.0727. The second-order valence-electron chi connectivity index (χ2n) is 7.23. The normalized spacial score (nSPS) is 24.1. The second kappa shape index (κ2) is 10.7. The first-order valence-corrected chi connectivity index (χ1v) is 9.76.